The summed E-state index contributed by atoms with van der Waals surface area (Å²) in [4.78, 5) is 6.46. The average Bonchev–Trinajstić information content (AvgIpc) is 2.48. The first-order valence-corrected chi connectivity index (χ1v) is 3.61. The number of hydrogen-bond donors (Lipinski definition) is 3. The van der Waals surface area contributed by atoms with Crippen molar-refractivity contribution >= 4 is 22.6 Å². The lowest BCUT2D eigenvalue weighted by Crippen LogP contribution is -1.75. The second-order valence-electron chi connectivity index (χ2n) is 2.35. The quantitative estimate of drug-likeness (QED) is 0.545. The molecular weight excluding hydrogens is 180 g/mol. The fourth-order valence-electron chi connectivity index (χ4n) is 1.05. The van der Waals surface area contributed by atoms with Crippen molar-refractivity contribution in [2.75, 3.05) is 0 Å². The summed E-state index contributed by atoms with van der Waals surface area (Å²) in [7, 11) is 0. The fraction of sp³-hybridized carbons (Fsp3) is 0. The first-order valence-electron chi connectivity index (χ1n) is 3.23. The lowest BCUT2D eigenvalue weighted by molar-refractivity contribution is 0.468. The van der Waals surface area contributed by atoms with Crippen LogP contribution in [0.1, 0.15) is 0 Å². The largest absolute Gasteiger partial charge is 0.506 e. The number of phenolic OH excluding ortho intramolecular Hbond substituents is 2. The van der Waals surface area contributed by atoms with Gasteiger partial charge in [-0.3, -0.25) is 0 Å². The number of H-pyrrole nitrogens is 1. The van der Waals surface area contributed by atoms with E-state index in [0.717, 1.165) is 0 Å². The molecule has 0 bridgehead atoms. The van der Waals surface area contributed by atoms with Gasteiger partial charge in [0, 0.05) is 6.07 Å². The Bertz CT molecular complexity index is 438. The molecule has 0 aliphatic rings. The van der Waals surface area contributed by atoms with Gasteiger partial charge in [-0.1, -0.05) is 11.6 Å². The van der Waals surface area contributed by atoms with Crippen LogP contribution in [0.25, 0.3) is 11.0 Å². The van der Waals surface area contributed by atoms with Crippen LogP contribution in [0.3, 0.4) is 0 Å². The summed E-state index contributed by atoms with van der Waals surface area (Å²) < 4.78 is 0. The van der Waals surface area contributed by atoms with Crippen molar-refractivity contribution in [3.63, 3.8) is 0 Å². The third-order valence-corrected chi connectivity index (χ3v) is 1.90. The van der Waals surface area contributed by atoms with E-state index in [2.05, 4.69) is 9.97 Å². The molecule has 0 radical (unpaired) electrons. The van der Waals surface area contributed by atoms with Gasteiger partial charge in [-0.05, 0) is 0 Å². The van der Waals surface area contributed by atoms with E-state index in [1.54, 1.807) is 0 Å². The van der Waals surface area contributed by atoms with Gasteiger partial charge in [0.2, 0.25) is 0 Å². The predicted molar refractivity (Wildman–Crippen MR) is 44.4 cm³/mol. The standard InChI is InChI=1S/C7H5ClN2O2/c8-3-1-4(11)5-6(7(3)12)10-2-9-5/h1-2,11-12H,(H,9,10). The van der Waals surface area contributed by atoms with Crippen molar-refractivity contribution < 1.29 is 10.2 Å². The Hall–Kier alpha value is -1.42. The molecule has 2 rings (SSSR count). The van der Waals surface area contributed by atoms with Gasteiger partial charge in [0.1, 0.15) is 16.8 Å². The first-order chi connectivity index (χ1) is 5.70. The van der Waals surface area contributed by atoms with Crippen LogP contribution >= 0.6 is 11.6 Å². The zero-order valence-corrected chi connectivity index (χ0v) is 6.63. The molecule has 0 aliphatic carbocycles. The third kappa shape index (κ3) is 0.816. The van der Waals surface area contributed by atoms with E-state index in [1.165, 1.54) is 12.4 Å². The van der Waals surface area contributed by atoms with Crippen LogP contribution in [-0.4, -0.2) is 20.2 Å². The number of nitrogens with one attached hydrogen (secondary N) is 1. The van der Waals surface area contributed by atoms with E-state index in [1.807, 2.05) is 0 Å². The van der Waals surface area contributed by atoms with E-state index >= 15 is 0 Å². The number of aromatic amines is 1. The Morgan fingerprint density at radius 2 is 2.17 bits per heavy atom. The number of hydrogen-bond acceptors (Lipinski definition) is 3. The van der Waals surface area contributed by atoms with Gasteiger partial charge in [-0.25, -0.2) is 4.98 Å². The number of nitrogens with zero attached hydrogens (tertiary/aromatic N) is 1. The SMILES string of the molecule is Oc1cc(Cl)c(O)c2[nH]cnc12. The minimum Gasteiger partial charge on any atom is -0.506 e. The van der Waals surface area contributed by atoms with Gasteiger partial charge >= 0.3 is 0 Å². The molecular formula is C7H5ClN2O2. The minimum absolute atomic E-state index is 0.0472. The highest BCUT2D eigenvalue weighted by molar-refractivity contribution is 6.33. The van der Waals surface area contributed by atoms with E-state index < -0.39 is 0 Å². The van der Waals surface area contributed by atoms with Gasteiger partial charge in [-0.2, -0.15) is 0 Å². The lowest BCUT2D eigenvalue weighted by atomic mass is 10.3. The predicted octanol–water partition coefficient (Wildman–Crippen LogP) is 1.63. The number of aromatic nitrogens is 2. The summed E-state index contributed by atoms with van der Waals surface area (Å²) in [6.45, 7) is 0. The van der Waals surface area contributed by atoms with Gasteiger partial charge in [-0.15, -0.1) is 0 Å². The smallest absolute Gasteiger partial charge is 0.160 e. The van der Waals surface area contributed by atoms with Gasteiger partial charge in [0.15, 0.2) is 5.75 Å². The highest BCUT2D eigenvalue weighted by Crippen LogP contribution is 2.35. The van der Waals surface area contributed by atoms with Crippen molar-refractivity contribution in [3.8, 4) is 11.5 Å². The normalized spacial score (nSPS) is 10.8. The average molecular weight is 185 g/mol. The zero-order valence-electron chi connectivity index (χ0n) is 5.87. The highest BCUT2D eigenvalue weighted by Gasteiger charge is 2.10. The number of halogens is 1. The van der Waals surface area contributed by atoms with E-state index in [9.17, 15) is 10.2 Å². The van der Waals surface area contributed by atoms with Crippen LogP contribution in [0.5, 0.6) is 11.5 Å². The van der Waals surface area contributed by atoms with Crippen molar-refractivity contribution in [3.05, 3.63) is 17.4 Å². The second kappa shape index (κ2) is 2.28. The molecule has 0 unspecified atom stereocenters. The van der Waals surface area contributed by atoms with E-state index in [4.69, 9.17) is 11.6 Å². The molecule has 0 saturated heterocycles. The summed E-state index contributed by atoms with van der Waals surface area (Å²) in [5.74, 6) is -0.143. The molecule has 1 aromatic heterocycles. The van der Waals surface area contributed by atoms with Crippen molar-refractivity contribution in [2.24, 2.45) is 0 Å². The summed E-state index contributed by atoms with van der Waals surface area (Å²) in [5.41, 5.74) is 0.664. The van der Waals surface area contributed by atoms with Crippen LogP contribution < -0.4 is 0 Å². The molecule has 62 valence electrons. The second-order valence-corrected chi connectivity index (χ2v) is 2.76. The molecule has 4 nitrogen and oxygen atoms in total. The Balaban J connectivity index is 2.97. The number of phenols is 2. The lowest BCUT2D eigenvalue weighted by Gasteiger charge is -1.98. The van der Waals surface area contributed by atoms with Crippen molar-refractivity contribution in [1.82, 2.24) is 9.97 Å². The van der Waals surface area contributed by atoms with Crippen LogP contribution in [0.4, 0.5) is 0 Å². The third-order valence-electron chi connectivity index (χ3n) is 1.61. The van der Waals surface area contributed by atoms with Gasteiger partial charge in [0.05, 0.1) is 11.3 Å². The van der Waals surface area contributed by atoms with Crippen molar-refractivity contribution in [2.45, 2.75) is 0 Å². The summed E-state index contributed by atoms with van der Waals surface area (Å²) in [6.07, 6.45) is 1.38. The molecule has 1 aromatic carbocycles. The molecule has 0 amide bonds. The van der Waals surface area contributed by atoms with E-state index in [0.29, 0.717) is 11.0 Å². The van der Waals surface area contributed by atoms with Crippen molar-refractivity contribution in [1.29, 1.82) is 0 Å². The molecule has 3 N–H and O–H groups in total. The Labute approximate surface area is 72.4 Å². The molecule has 0 fully saturated rings. The molecule has 1 heterocycles. The molecule has 12 heavy (non-hydrogen) atoms. The number of aromatic hydroxyl groups is 2. The summed E-state index contributed by atoms with van der Waals surface area (Å²) >= 11 is 5.59. The zero-order chi connectivity index (χ0) is 8.72. The fourth-order valence-corrected chi connectivity index (χ4v) is 1.24. The highest BCUT2D eigenvalue weighted by atomic mass is 35.5. The first kappa shape index (κ1) is 7.24. The maximum Gasteiger partial charge on any atom is 0.160 e. The number of imidazole rings is 1. The van der Waals surface area contributed by atoms with Gasteiger partial charge < -0.3 is 15.2 Å². The Morgan fingerprint density at radius 3 is 2.92 bits per heavy atom. The summed E-state index contributed by atoms with van der Waals surface area (Å²) in [6, 6.07) is 1.25. The van der Waals surface area contributed by atoms with Crippen LogP contribution in [-0.2, 0) is 0 Å². The number of fused-ring (bicyclic) bond motifs is 1. The van der Waals surface area contributed by atoms with Gasteiger partial charge in [0.25, 0.3) is 0 Å². The molecule has 0 aliphatic heterocycles. The molecule has 0 saturated carbocycles. The minimum atomic E-state index is -0.0954. The van der Waals surface area contributed by atoms with Crippen LogP contribution in [0, 0.1) is 0 Å². The topological polar surface area (TPSA) is 69.1 Å². The Kier molecular flexibility index (Phi) is 1.38. The number of rotatable bonds is 0. The monoisotopic (exact) mass is 184 g/mol. The van der Waals surface area contributed by atoms with E-state index in [-0.39, 0.29) is 16.5 Å². The maximum atomic E-state index is 9.36. The molecule has 0 spiro atoms. The molecule has 5 heteroatoms. The maximum absolute atomic E-state index is 9.36. The Morgan fingerprint density at radius 1 is 1.42 bits per heavy atom. The van der Waals surface area contributed by atoms with Crippen LogP contribution in [0.2, 0.25) is 5.02 Å². The summed E-state index contributed by atoms with van der Waals surface area (Å²) in [5, 5.41) is 18.7. The molecule has 0 atom stereocenters. The number of benzene rings is 1. The molecule has 2 aromatic rings. The van der Waals surface area contributed by atoms with Crippen LogP contribution in [0.15, 0.2) is 12.4 Å².